The van der Waals surface area contributed by atoms with Crippen molar-refractivity contribution < 1.29 is 10.2 Å². The van der Waals surface area contributed by atoms with Gasteiger partial charge in [-0.05, 0) is 35.0 Å². The van der Waals surface area contributed by atoms with Crippen LogP contribution in [0.25, 0.3) is 0 Å². The molecule has 19 heavy (non-hydrogen) atoms. The molecule has 0 saturated carbocycles. The van der Waals surface area contributed by atoms with Crippen LogP contribution in [0.3, 0.4) is 0 Å². The average Bonchev–Trinajstić information content (AvgIpc) is 2.37. The molecule has 0 aromatic heterocycles. The third kappa shape index (κ3) is 12.1. The van der Waals surface area contributed by atoms with Crippen LogP contribution in [-0.4, -0.2) is 73.4 Å². The standard InChI is InChI=1S/C6H17N2OP.C5H15N2OP/c1-5(8(3)10)6(9)4-7-2;1-4(7-9)5(8)3-6-2/h5-7,9H,4,10H2,1-3H3;4-8H,3,9H2,1-2H3/t5-,6+;4-,5+/m00/s1. The van der Waals surface area contributed by atoms with Crippen LogP contribution in [0.2, 0.25) is 0 Å². The normalized spacial score (nSPS) is 17.4. The van der Waals surface area contributed by atoms with E-state index in [9.17, 15) is 10.2 Å². The minimum Gasteiger partial charge on any atom is -0.390 e. The summed E-state index contributed by atoms with van der Waals surface area (Å²) in [6.07, 6.45) is -0.611. The molecular weight excluding hydrogens is 282 g/mol. The van der Waals surface area contributed by atoms with Gasteiger partial charge in [-0.15, -0.1) is 0 Å². The molecule has 6 atom stereocenters. The minimum absolute atomic E-state index is 0.127. The van der Waals surface area contributed by atoms with Gasteiger partial charge in [-0.2, -0.15) is 0 Å². The quantitative estimate of drug-likeness (QED) is 0.370. The highest BCUT2D eigenvalue weighted by atomic mass is 31.0. The van der Waals surface area contributed by atoms with Gasteiger partial charge >= 0.3 is 0 Å². The van der Waals surface area contributed by atoms with Crippen LogP contribution < -0.4 is 15.7 Å². The second-order valence-corrected chi connectivity index (χ2v) is 5.76. The van der Waals surface area contributed by atoms with Crippen LogP contribution in [-0.2, 0) is 0 Å². The number of likely N-dealkylation sites (N-methyl/N-ethyl adjacent to an activating group) is 3. The maximum atomic E-state index is 9.37. The van der Waals surface area contributed by atoms with E-state index in [-0.39, 0.29) is 24.3 Å². The molecule has 0 aliphatic carbocycles. The van der Waals surface area contributed by atoms with E-state index < -0.39 is 0 Å². The van der Waals surface area contributed by atoms with Crippen molar-refractivity contribution in [2.45, 2.75) is 38.1 Å². The Balaban J connectivity index is 0. The fraction of sp³-hybridized carbons (Fsp3) is 1.00. The van der Waals surface area contributed by atoms with E-state index in [1.165, 1.54) is 0 Å². The number of nitrogens with one attached hydrogen (secondary N) is 3. The van der Waals surface area contributed by atoms with Crippen molar-refractivity contribution in [1.29, 1.82) is 0 Å². The monoisotopic (exact) mass is 314 g/mol. The highest BCUT2D eigenvalue weighted by Crippen LogP contribution is 2.05. The summed E-state index contributed by atoms with van der Waals surface area (Å²) in [6, 6.07) is 0.305. The van der Waals surface area contributed by atoms with Crippen molar-refractivity contribution in [3.05, 3.63) is 0 Å². The van der Waals surface area contributed by atoms with Crippen molar-refractivity contribution in [3.8, 4) is 0 Å². The Morgan fingerprint density at radius 3 is 1.79 bits per heavy atom. The van der Waals surface area contributed by atoms with Crippen molar-refractivity contribution in [1.82, 2.24) is 20.4 Å². The van der Waals surface area contributed by atoms with Crippen molar-refractivity contribution in [2.75, 3.05) is 34.2 Å². The zero-order valence-corrected chi connectivity index (χ0v) is 15.0. The van der Waals surface area contributed by atoms with E-state index >= 15 is 0 Å². The first-order chi connectivity index (χ1) is 8.81. The van der Waals surface area contributed by atoms with E-state index in [1.807, 2.05) is 39.7 Å². The van der Waals surface area contributed by atoms with Gasteiger partial charge in [-0.25, -0.2) is 0 Å². The van der Waals surface area contributed by atoms with Crippen LogP contribution in [0.4, 0.5) is 0 Å². The van der Waals surface area contributed by atoms with E-state index in [4.69, 9.17) is 0 Å². The minimum atomic E-state index is -0.313. The highest BCUT2D eigenvalue weighted by molar-refractivity contribution is 7.13. The number of hydrogen-bond donors (Lipinski definition) is 5. The molecular formula is C11H32N4O2P2. The Bertz CT molecular complexity index is 202. The first-order valence-corrected chi connectivity index (χ1v) is 7.50. The molecule has 0 aliphatic rings. The summed E-state index contributed by atoms with van der Waals surface area (Å²) >= 11 is 0. The zero-order valence-electron chi connectivity index (χ0n) is 12.7. The fourth-order valence-electron chi connectivity index (χ4n) is 1.15. The topological polar surface area (TPSA) is 79.8 Å². The molecule has 0 amide bonds. The van der Waals surface area contributed by atoms with Crippen LogP contribution in [0, 0.1) is 0 Å². The first-order valence-electron chi connectivity index (χ1n) is 6.40. The Morgan fingerprint density at radius 1 is 1.05 bits per heavy atom. The first kappa shape index (κ1) is 21.9. The Morgan fingerprint density at radius 2 is 1.47 bits per heavy atom. The van der Waals surface area contributed by atoms with Crippen molar-refractivity contribution >= 4 is 18.8 Å². The summed E-state index contributed by atoms with van der Waals surface area (Å²) in [4.78, 5) is 0. The maximum absolute atomic E-state index is 9.37. The zero-order chi connectivity index (χ0) is 15.4. The summed E-state index contributed by atoms with van der Waals surface area (Å²) in [7, 11) is 10.5. The predicted octanol–water partition coefficient (Wildman–Crippen LogP) is -0.988. The second kappa shape index (κ2) is 13.6. The number of aliphatic hydroxyl groups excluding tert-OH is 2. The SMILES string of the molecule is CNC[C@@H](O)[C@H](C)N(C)P.CNC[C@@H](O)[C@H](C)NP. The molecule has 0 aliphatic heterocycles. The van der Waals surface area contributed by atoms with Crippen LogP contribution in [0.1, 0.15) is 13.8 Å². The van der Waals surface area contributed by atoms with E-state index in [1.54, 1.807) is 0 Å². The van der Waals surface area contributed by atoms with E-state index in [0.717, 1.165) is 0 Å². The molecule has 0 spiro atoms. The van der Waals surface area contributed by atoms with Crippen LogP contribution in [0.5, 0.6) is 0 Å². The Hall–Kier alpha value is 0.620. The van der Waals surface area contributed by atoms with Gasteiger partial charge in [0.2, 0.25) is 0 Å². The van der Waals surface area contributed by atoms with Gasteiger partial charge in [0.1, 0.15) is 0 Å². The van der Waals surface area contributed by atoms with Gasteiger partial charge in [0.05, 0.1) is 12.2 Å². The molecule has 118 valence electrons. The van der Waals surface area contributed by atoms with Gasteiger partial charge in [0.25, 0.3) is 0 Å². The van der Waals surface area contributed by atoms with E-state index in [2.05, 4.69) is 34.5 Å². The Labute approximate surface area is 122 Å². The predicted molar refractivity (Wildman–Crippen MR) is 89.1 cm³/mol. The largest absolute Gasteiger partial charge is 0.390 e. The molecule has 8 heteroatoms. The van der Waals surface area contributed by atoms with Gasteiger partial charge in [0, 0.05) is 25.2 Å². The number of nitrogens with zero attached hydrogens (tertiary/aromatic N) is 1. The molecule has 0 heterocycles. The summed E-state index contributed by atoms with van der Waals surface area (Å²) < 4.78 is 1.92. The van der Waals surface area contributed by atoms with E-state index in [0.29, 0.717) is 13.1 Å². The molecule has 0 saturated heterocycles. The molecule has 5 N–H and O–H groups in total. The molecule has 0 bridgehead atoms. The van der Waals surface area contributed by atoms with Gasteiger partial charge in [0.15, 0.2) is 0 Å². The van der Waals surface area contributed by atoms with Gasteiger partial charge in [-0.3, -0.25) is 9.76 Å². The molecule has 0 aromatic rings. The summed E-state index contributed by atoms with van der Waals surface area (Å²) in [5.41, 5.74) is 0. The van der Waals surface area contributed by atoms with Crippen molar-refractivity contribution in [3.63, 3.8) is 0 Å². The smallest absolute Gasteiger partial charge is 0.0819 e. The fourth-order valence-corrected chi connectivity index (χ4v) is 1.57. The van der Waals surface area contributed by atoms with Gasteiger partial charge < -0.3 is 20.8 Å². The van der Waals surface area contributed by atoms with Crippen LogP contribution in [0.15, 0.2) is 0 Å². The molecule has 0 rings (SSSR count). The third-order valence-electron chi connectivity index (χ3n) is 2.87. The second-order valence-electron chi connectivity index (χ2n) is 4.61. The lowest BCUT2D eigenvalue weighted by atomic mass is 10.2. The summed E-state index contributed by atoms with van der Waals surface area (Å²) in [5.74, 6) is 0. The molecule has 0 fully saturated rings. The number of aliphatic hydroxyl groups is 2. The maximum Gasteiger partial charge on any atom is 0.0819 e. The lowest BCUT2D eigenvalue weighted by Crippen LogP contribution is -2.39. The lowest BCUT2D eigenvalue weighted by Gasteiger charge is -2.24. The summed E-state index contributed by atoms with van der Waals surface area (Å²) in [5, 5.41) is 27.2. The Kier molecular flexibility index (Phi) is 15.7. The number of hydrogen-bond acceptors (Lipinski definition) is 6. The summed E-state index contributed by atoms with van der Waals surface area (Å²) in [6.45, 7) is 5.17. The molecule has 0 aromatic carbocycles. The molecule has 6 nitrogen and oxygen atoms in total. The van der Waals surface area contributed by atoms with Crippen LogP contribution >= 0.6 is 18.8 Å². The molecule has 0 radical (unpaired) electrons. The third-order valence-corrected chi connectivity index (χ3v) is 3.86. The highest BCUT2D eigenvalue weighted by Gasteiger charge is 2.14. The number of rotatable bonds is 8. The van der Waals surface area contributed by atoms with Crippen molar-refractivity contribution in [2.24, 2.45) is 0 Å². The average molecular weight is 314 g/mol. The van der Waals surface area contributed by atoms with Gasteiger partial charge in [-0.1, -0.05) is 18.8 Å². The lowest BCUT2D eigenvalue weighted by molar-refractivity contribution is 0.112. The molecule has 2 unspecified atom stereocenters.